The molecule has 0 bridgehead atoms. The van der Waals surface area contributed by atoms with Crippen LogP contribution in [0.3, 0.4) is 0 Å². The Morgan fingerprint density at radius 2 is 1.40 bits per heavy atom. The van der Waals surface area contributed by atoms with Crippen molar-refractivity contribution in [3.63, 3.8) is 0 Å². The van der Waals surface area contributed by atoms with E-state index in [0.29, 0.717) is 0 Å². The van der Waals surface area contributed by atoms with Crippen LogP contribution in [0.25, 0.3) is 0 Å². The highest BCUT2D eigenvalue weighted by atomic mass is 15.1. The van der Waals surface area contributed by atoms with Gasteiger partial charge in [-0.2, -0.15) is 0 Å². The van der Waals surface area contributed by atoms with E-state index in [-0.39, 0.29) is 0 Å². The molecule has 0 aliphatic carbocycles. The average molecular weight is 410 g/mol. The third-order valence-corrected chi connectivity index (χ3v) is 5.71. The molecule has 1 aromatic heterocycles. The molecule has 164 valence electrons. The summed E-state index contributed by atoms with van der Waals surface area (Å²) < 4.78 is 0. The van der Waals surface area contributed by atoms with Gasteiger partial charge < -0.3 is 16.0 Å². The molecule has 1 aliphatic heterocycles. The van der Waals surface area contributed by atoms with Crippen molar-refractivity contribution in [2.75, 3.05) is 39.3 Å². The maximum atomic E-state index is 4.36. The van der Waals surface area contributed by atoms with E-state index in [0.717, 1.165) is 64.6 Å². The van der Waals surface area contributed by atoms with Crippen LogP contribution in [0.5, 0.6) is 0 Å². The van der Waals surface area contributed by atoms with Crippen molar-refractivity contribution in [3.05, 3.63) is 65.5 Å². The fourth-order valence-corrected chi connectivity index (χ4v) is 3.88. The van der Waals surface area contributed by atoms with Crippen LogP contribution in [-0.2, 0) is 19.6 Å². The third kappa shape index (κ3) is 9.35. The summed E-state index contributed by atoms with van der Waals surface area (Å²) in [4.78, 5) is 6.93. The third-order valence-electron chi connectivity index (χ3n) is 5.71. The minimum atomic E-state index is 0.802. The fourth-order valence-electron chi connectivity index (χ4n) is 3.88. The van der Waals surface area contributed by atoms with Gasteiger partial charge in [-0.3, -0.25) is 9.88 Å². The number of nitrogens with zero attached hydrogens (tertiary/aromatic N) is 2. The van der Waals surface area contributed by atoms with E-state index in [1.54, 1.807) is 0 Å². The van der Waals surface area contributed by atoms with Gasteiger partial charge >= 0.3 is 0 Å². The van der Waals surface area contributed by atoms with E-state index in [2.05, 4.69) is 56.2 Å². The van der Waals surface area contributed by atoms with Gasteiger partial charge in [-0.05, 0) is 49.2 Å². The molecule has 0 radical (unpaired) electrons. The fraction of sp³-hybridized carbons (Fsp3) is 0.560. The van der Waals surface area contributed by atoms with Crippen molar-refractivity contribution >= 4 is 0 Å². The molecule has 0 atom stereocenters. The molecular weight excluding hydrogens is 370 g/mol. The number of aromatic nitrogens is 1. The second-order valence-electron chi connectivity index (χ2n) is 8.29. The minimum absolute atomic E-state index is 0.802. The molecule has 2 aromatic rings. The first-order valence-electron chi connectivity index (χ1n) is 11.7. The van der Waals surface area contributed by atoms with Crippen molar-refractivity contribution in [1.82, 2.24) is 25.8 Å². The number of hydrogen-bond acceptors (Lipinski definition) is 5. The van der Waals surface area contributed by atoms with E-state index in [4.69, 9.17) is 0 Å². The Morgan fingerprint density at radius 1 is 0.733 bits per heavy atom. The summed E-state index contributed by atoms with van der Waals surface area (Å²) >= 11 is 0. The van der Waals surface area contributed by atoms with Crippen molar-refractivity contribution in [2.45, 2.75) is 51.7 Å². The summed E-state index contributed by atoms with van der Waals surface area (Å²) in [5, 5.41) is 10.7. The molecule has 0 saturated carbocycles. The Hall–Kier alpha value is -1.79. The zero-order valence-electron chi connectivity index (χ0n) is 18.4. The molecule has 0 amide bonds. The Kier molecular flexibility index (Phi) is 10.9. The average Bonchev–Trinajstić information content (AvgIpc) is 2.78. The molecule has 1 saturated heterocycles. The zero-order valence-corrected chi connectivity index (χ0v) is 18.4. The smallest absolute Gasteiger partial charge is 0.0541 e. The monoisotopic (exact) mass is 409 g/mol. The number of hydrogen-bond donors (Lipinski definition) is 3. The van der Waals surface area contributed by atoms with Crippen LogP contribution in [0.2, 0.25) is 0 Å². The van der Waals surface area contributed by atoms with Gasteiger partial charge in [0.2, 0.25) is 0 Å². The van der Waals surface area contributed by atoms with Gasteiger partial charge in [-0.25, -0.2) is 0 Å². The molecule has 3 N–H and O–H groups in total. The highest BCUT2D eigenvalue weighted by Gasteiger charge is 2.07. The normalized spacial score (nSPS) is 18.0. The Bertz CT molecular complexity index is 660. The van der Waals surface area contributed by atoms with Gasteiger partial charge in [0.25, 0.3) is 0 Å². The number of benzene rings is 1. The number of rotatable bonds is 6. The summed E-state index contributed by atoms with van der Waals surface area (Å²) in [7, 11) is 0. The van der Waals surface area contributed by atoms with E-state index < -0.39 is 0 Å². The SMILES string of the molecule is c1ccc(CNCc2ccc(CN3CCNCCCCCCCNCC3)cc2)nc1. The van der Waals surface area contributed by atoms with Crippen LogP contribution in [0.1, 0.15) is 48.9 Å². The van der Waals surface area contributed by atoms with Gasteiger partial charge in [0.15, 0.2) is 0 Å². The van der Waals surface area contributed by atoms with Gasteiger partial charge in [0, 0.05) is 52.0 Å². The van der Waals surface area contributed by atoms with Crippen LogP contribution in [0, 0.1) is 0 Å². The summed E-state index contributed by atoms with van der Waals surface area (Å²) in [6.07, 6.45) is 8.56. The van der Waals surface area contributed by atoms with E-state index in [1.165, 1.54) is 43.2 Å². The van der Waals surface area contributed by atoms with Crippen LogP contribution >= 0.6 is 0 Å². The Morgan fingerprint density at radius 3 is 2.07 bits per heavy atom. The van der Waals surface area contributed by atoms with E-state index in [9.17, 15) is 0 Å². The summed E-state index contributed by atoms with van der Waals surface area (Å²) in [6, 6.07) is 15.1. The molecule has 1 aromatic carbocycles. The molecular formula is C25H39N5. The summed E-state index contributed by atoms with van der Waals surface area (Å²) in [5.74, 6) is 0. The topological polar surface area (TPSA) is 52.2 Å². The van der Waals surface area contributed by atoms with Crippen molar-refractivity contribution in [2.24, 2.45) is 0 Å². The van der Waals surface area contributed by atoms with Gasteiger partial charge in [-0.15, -0.1) is 0 Å². The van der Waals surface area contributed by atoms with Crippen molar-refractivity contribution in [1.29, 1.82) is 0 Å². The first-order chi connectivity index (χ1) is 14.9. The molecule has 5 heteroatoms. The van der Waals surface area contributed by atoms with Gasteiger partial charge in [-0.1, -0.05) is 49.6 Å². The molecule has 0 unspecified atom stereocenters. The lowest BCUT2D eigenvalue weighted by atomic mass is 10.1. The zero-order chi connectivity index (χ0) is 20.7. The van der Waals surface area contributed by atoms with E-state index >= 15 is 0 Å². The molecule has 0 spiro atoms. The first-order valence-corrected chi connectivity index (χ1v) is 11.7. The quantitative estimate of drug-likeness (QED) is 0.683. The number of nitrogens with one attached hydrogen (secondary N) is 3. The lowest BCUT2D eigenvalue weighted by Gasteiger charge is -2.23. The van der Waals surface area contributed by atoms with Crippen LogP contribution in [0.4, 0.5) is 0 Å². The largest absolute Gasteiger partial charge is 0.315 e. The predicted octanol–water partition coefficient (Wildman–Crippen LogP) is 3.32. The standard InChI is InChI=1S/C25H39N5/c1-2-5-13-26-16-18-30(19-17-27-14-6-3-1)22-24-11-9-23(10-12-24)20-28-21-25-8-4-7-15-29-25/h4,7-12,15,26-28H,1-3,5-6,13-14,16-22H2. The molecule has 3 rings (SSSR count). The lowest BCUT2D eigenvalue weighted by molar-refractivity contribution is 0.263. The van der Waals surface area contributed by atoms with Crippen LogP contribution < -0.4 is 16.0 Å². The van der Waals surface area contributed by atoms with Crippen molar-refractivity contribution < 1.29 is 0 Å². The van der Waals surface area contributed by atoms with Crippen LogP contribution in [-0.4, -0.2) is 49.2 Å². The Balaban J connectivity index is 1.42. The minimum Gasteiger partial charge on any atom is -0.315 e. The van der Waals surface area contributed by atoms with Crippen LogP contribution in [0.15, 0.2) is 48.7 Å². The molecule has 1 fully saturated rings. The maximum Gasteiger partial charge on any atom is 0.0541 e. The Labute approximate surface area is 182 Å². The van der Waals surface area contributed by atoms with E-state index in [1.807, 2.05) is 18.3 Å². The maximum absolute atomic E-state index is 4.36. The molecule has 5 nitrogen and oxygen atoms in total. The molecule has 2 heterocycles. The first kappa shape index (κ1) is 22.9. The second-order valence-corrected chi connectivity index (χ2v) is 8.29. The summed E-state index contributed by atoms with van der Waals surface area (Å²) in [6.45, 7) is 9.38. The van der Waals surface area contributed by atoms with Crippen molar-refractivity contribution in [3.8, 4) is 0 Å². The number of pyridine rings is 1. The highest BCUT2D eigenvalue weighted by Crippen LogP contribution is 2.08. The summed E-state index contributed by atoms with van der Waals surface area (Å²) in [5.41, 5.74) is 3.79. The lowest BCUT2D eigenvalue weighted by Crippen LogP contribution is -2.37. The molecule has 30 heavy (non-hydrogen) atoms. The molecule has 1 aliphatic rings. The van der Waals surface area contributed by atoms with Gasteiger partial charge in [0.1, 0.15) is 0 Å². The second kappa shape index (κ2) is 14.3. The van der Waals surface area contributed by atoms with Gasteiger partial charge in [0.05, 0.1) is 5.69 Å². The highest BCUT2D eigenvalue weighted by molar-refractivity contribution is 5.22. The predicted molar refractivity (Wildman–Crippen MR) is 125 cm³/mol.